The predicted molar refractivity (Wildman–Crippen MR) is 109 cm³/mol. The number of thiazole rings is 1. The van der Waals surface area contributed by atoms with E-state index in [9.17, 15) is 23.3 Å². The highest BCUT2D eigenvalue weighted by molar-refractivity contribution is 7.20. The Morgan fingerprint density at radius 2 is 1.65 bits per heavy atom. The summed E-state index contributed by atoms with van der Waals surface area (Å²) in [4.78, 5) is 14.6. The first-order chi connectivity index (χ1) is 14.7. The van der Waals surface area contributed by atoms with Gasteiger partial charge in [0.1, 0.15) is 11.5 Å². The maximum absolute atomic E-state index is 12.8. The molecule has 0 N–H and O–H groups in total. The number of hydrogen-bond donors (Lipinski definition) is 0. The van der Waals surface area contributed by atoms with E-state index < -0.39 is 22.4 Å². The van der Waals surface area contributed by atoms with E-state index in [2.05, 4.69) is 4.98 Å². The minimum absolute atomic E-state index is 0.186. The van der Waals surface area contributed by atoms with Gasteiger partial charge in [-0.05, 0) is 54.6 Å². The van der Waals surface area contributed by atoms with Crippen molar-refractivity contribution in [2.24, 2.45) is 0 Å². The Bertz CT molecular complexity index is 1280. The number of hydrogen-bond acceptors (Lipinski definition) is 6. The molecule has 3 aromatic carbocycles. The number of nitro benzene ring substituents is 1. The number of fused-ring (bicyclic) bond motifs is 1. The molecule has 0 atom stereocenters. The highest BCUT2D eigenvalue weighted by atomic mass is 35.5. The molecule has 158 valence electrons. The zero-order valence-corrected chi connectivity index (χ0v) is 16.8. The van der Waals surface area contributed by atoms with E-state index in [1.54, 1.807) is 30.3 Å². The quantitative estimate of drug-likeness (QED) is 0.225. The minimum Gasteiger partial charge on any atom is -0.450 e. The van der Waals surface area contributed by atoms with Crippen LogP contribution in [0.4, 0.5) is 18.9 Å². The van der Waals surface area contributed by atoms with Crippen molar-refractivity contribution in [3.8, 4) is 22.4 Å². The van der Waals surface area contributed by atoms with Crippen LogP contribution < -0.4 is 9.47 Å². The Balaban J connectivity index is 1.52. The van der Waals surface area contributed by atoms with Crippen molar-refractivity contribution in [3.63, 3.8) is 0 Å². The van der Waals surface area contributed by atoms with Crippen LogP contribution in [-0.4, -0.2) is 9.91 Å². The molecule has 0 aliphatic heterocycles. The maximum atomic E-state index is 12.8. The van der Waals surface area contributed by atoms with Gasteiger partial charge in [-0.15, -0.1) is 0 Å². The van der Waals surface area contributed by atoms with Crippen LogP contribution in [0.25, 0.3) is 10.2 Å². The normalized spacial score (nSPS) is 11.5. The SMILES string of the molecule is O=[N+]([O-])c1cc(C(F)(F)F)ccc1Oc1ccc(Oc2nc3ccc(Cl)cc3s2)cc1. The van der Waals surface area contributed by atoms with E-state index in [0.717, 1.165) is 22.3 Å². The molecule has 0 aliphatic carbocycles. The Hall–Kier alpha value is -3.37. The maximum Gasteiger partial charge on any atom is 0.416 e. The van der Waals surface area contributed by atoms with Crippen molar-refractivity contribution >= 4 is 38.8 Å². The van der Waals surface area contributed by atoms with E-state index in [4.69, 9.17) is 21.1 Å². The Morgan fingerprint density at radius 1 is 0.968 bits per heavy atom. The van der Waals surface area contributed by atoms with Gasteiger partial charge in [-0.3, -0.25) is 10.1 Å². The van der Waals surface area contributed by atoms with Gasteiger partial charge < -0.3 is 9.47 Å². The van der Waals surface area contributed by atoms with Crippen molar-refractivity contribution in [3.05, 3.63) is 81.4 Å². The zero-order chi connectivity index (χ0) is 22.2. The van der Waals surface area contributed by atoms with Gasteiger partial charge in [-0.25, -0.2) is 4.98 Å². The van der Waals surface area contributed by atoms with Gasteiger partial charge >= 0.3 is 11.9 Å². The lowest BCUT2D eigenvalue weighted by atomic mass is 10.2. The molecule has 31 heavy (non-hydrogen) atoms. The molecule has 0 saturated heterocycles. The van der Waals surface area contributed by atoms with Crippen molar-refractivity contribution in [1.29, 1.82) is 0 Å². The standard InChI is InChI=1S/C20H10ClF3N2O4S/c21-12-2-7-15-18(10-12)31-19(25-15)30-14-5-3-13(4-6-14)29-17-8-1-11(20(22,23)24)9-16(17)26(27)28/h1-10H. The molecular weight excluding hydrogens is 457 g/mol. The second kappa shape index (κ2) is 8.05. The van der Waals surface area contributed by atoms with Gasteiger partial charge in [0, 0.05) is 11.1 Å². The summed E-state index contributed by atoms with van der Waals surface area (Å²) < 4.78 is 50.4. The molecule has 0 aliphatic rings. The summed E-state index contributed by atoms with van der Waals surface area (Å²) in [5.74, 6) is 0.306. The minimum atomic E-state index is -4.70. The number of nitrogens with zero attached hydrogens (tertiary/aromatic N) is 2. The van der Waals surface area contributed by atoms with Gasteiger partial charge in [-0.1, -0.05) is 22.9 Å². The fourth-order valence-electron chi connectivity index (χ4n) is 2.65. The van der Waals surface area contributed by atoms with E-state index in [0.29, 0.717) is 22.0 Å². The summed E-state index contributed by atoms with van der Waals surface area (Å²) in [7, 11) is 0. The smallest absolute Gasteiger partial charge is 0.416 e. The summed E-state index contributed by atoms with van der Waals surface area (Å²) in [5.41, 5.74) is -1.19. The van der Waals surface area contributed by atoms with Crippen LogP contribution in [0.1, 0.15) is 5.56 Å². The molecule has 0 unspecified atom stereocenters. The number of aromatic nitrogens is 1. The fourth-order valence-corrected chi connectivity index (χ4v) is 3.76. The first kappa shape index (κ1) is 20.9. The number of rotatable bonds is 5. The first-order valence-electron chi connectivity index (χ1n) is 8.56. The molecule has 11 heteroatoms. The molecule has 1 aromatic heterocycles. The third-order valence-electron chi connectivity index (χ3n) is 4.07. The number of ether oxygens (including phenoxy) is 2. The second-order valence-electron chi connectivity index (χ2n) is 6.20. The lowest BCUT2D eigenvalue weighted by molar-refractivity contribution is -0.385. The molecule has 0 spiro atoms. The van der Waals surface area contributed by atoms with E-state index >= 15 is 0 Å². The summed E-state index contributed by atoms with van der Waals surface area (Å²) in [5, 5.41) is 12.1. The molecule has 0 fully saturated rings. The van der Waals surface area contributed by atoms with E-state index in [-0.39, 0.29) is 11.5 Å². The fraction of sp³-hybridized carbons (Fsp3) is 0.0500. The van der Waals surface area contributed by atoms with Gasteiger partial charge in [0.15, 0.2) is 0 Å². The van der Waals surface area contributed by atoms with Gasteiger partial charge in [-0.2, -0.15) is 13.2 Å². The molecular formula is C20H10ClF3N2O4S. The second-order valence-corrected chi connectivity index (χ2v) is 7.63. The molecule has 0 amide bonds. The highest BCUT2D eigenvalue weighted by Gasteiger charge is 2.33. The largest absolute Gasteiger partial charge is 0.450 e. The summed E-state index contributed by atoms with van der Waals surface area (Å²) in [6, 6.07) is 13.4. The molecule has 0 bridgehead atoms. The highest BCUT2D eigenvalue weighted by Crippen LogP contribution is 2.38. The summed E-state index contributed by atoms with van der Waals surface area (Å²) in [6.07, 6.45) is -4.70. The average molecular weight is 467 g/mol. The van der Waals surface area contributed by atoms with E-state index in [1.165, 1.54) is 23.5 Å². The van der Waals surface area contributed by atoms with Crippen LogP contribution in [0.5, 0.6) is 22.4 Å². The molecule has 1 heterocycles. The number of alkyl halides is 3. The van der Waals surface area contributed by atoms with Crippen LogP contribution in [-0.2, 0) is 6.18 Å². The molecule has 6 nitrogen and oxygen atoms in total. The van der Waals surface area contributed by atoms with E-state index in [1.807, 2.05) is 0 Å². The Kier molecular flexibility index (Phi) is 5.42. The predicted octanol–water partition coefficient (Wildman–Crippen LogP) is 7.46. The third kappa shape index (κ3) is 4.70. The molecule has 4 rings (SSSR count). The van der Waals surface area contributed by atoms with Crippen LogP contribution in [0.15, 0.2) is 60.7 Å². The van der Waals surface area contributed by atoms with Crippen LogP contribution >= 0.6 is 22.9 Å². The lowest BCUT2D eigenvalue weighted by Gasteiger charge is -2.10. The summed E-state index contributed by atoms with van der Waals surface area (Å²) >= 11 is 7.27. The van der Waals surface area contributed by atoms with Gasteiger partial charge in [0.25, 0.3) is 5.19 Å². The van der Waals surface area contributed by atoms with Crippen LogP contribution in [0.3, 0.4) is 0 Å². The Morgan fingerprint density at radius 3 is 2.29 bits per heavy atom. The average Bonchev–Trinajstić information content (AvgIpc) is 3.10. The van der Waals surface area contributed by atoms with Gasteiger partial charge in [0.05, 0.1) is 20.7 Å². The number of halogens is 4. The molecule has 0 saturated carbocycles. The van der Waals surface area contributed by atoms with Crippen LogP contribution in [0, 0.1) is 10.1 Å². The molecule has 0 radical (unpaired) electrons. The lowest BCUT2D eigenvalue weighted by Crippen LogP contribution is -2.06. The van der Waals surface area contributed by atoms with Crippen molar-refractivity contribution in [1.82, 2.24) is 4.98 Å². The zero-order valence-electron chi connectivity index (χ0n) is 15.2. The van der Waals surface area contributed by atoms with Crippen LogP contribution in [0.2, 0.25) is 5.02 Å². The Labute approximate surface area is 181 Å². The third-order valence-corrected chi connectivity index (χ3v) is 5.20. The summed E-state index contributed by atoms with van der Waals surface area (Å²) in [6.45, 7) is 0. The molecule has 4 aromatic rings. The first-order valence-corrected chi connectivity index (χ1v) is 9.76. The van der Waals surface area contributed by atoms with Crippen molar-refractivity contribution < 1.29 is 27.6 Å². The van der Waals surface area contributed by atoms with Gasteiger partial charge in [0.2, 0.25) is 5.75 Å². The number of benzene rings is 3. The van der Waals surface area contributed by atoms with Crippen molar-refractivity contribution in [2.45, 2.75) is 6.18 Å². The number of nitro groups is 1. The van der Waals surface area contributed by atoms with Crippen molar-refractivity contribution in [2.75, 3.05) is 0 Å². The topological polar surface area (TPSA) is 74.5 Å². The monoisotopic (exact) mass is 466 g/mol.